The van der Waals surface area contributed by atoms with Crippen LogP contribution in [-0.4, -0.2) is 69.3 Å². The summed E-state index contributed by atoms with van der Waals surface area (Å²) in [6.07, 6.45) is 4.45. The molecule has 2 aromatic heterocycles. The minimum absolute atomic E-state index is 0.127. The first kappa shape index (κ1) is 17.4. The van der Waals surface area contributed by atoms with Crippen molar-refractivity contribution in [3.63, 3.8) is 0 Å². The van der Waals surface area contributed by atoms with Gasteiger partial charge in [-0.05, 0) is 22.6 Å². The number of sulfonamides is 1. The third kappa shape index (κ3) is 3.07. The van der Waals surface area contributed by atoms with Gasteiger partial charge in [-0.1, -0.05) is 0 Å². The molecule has 1 aliphatic heterocycles. The van der Waals surface area contributed by atoms with Crippen molar-refractivity contribution in [2.24, 2.45) is 14.1 Å². The highest BCUT2D eigenvalue weighted by Crippen LogP contribution is 2.19. The second-order valence-corrected chi connectivity index (χ2v) is 8.61. The molecule has 1 fully saturated rings. The molecular formula is C13H17IN6O3S. The standard InChI is InChI=1S/C13H17IN6O3S/c1-17-9-10(7-15-17)24(22,23)20-5-3-19(4-6-20)13(21)12-11(14)8-16-18(12)2/h7-9H,3-6H2,1-2H3. The highest BCUT2D eigenvalue weighted by Gasteiger charge is 2.32. The predicted octanol–water partition coefficient (Wildman–Crippen LogP) is -0.0951. The molecule has 130 valence electrons. The van der Waals surface area contributed by atoms with Gasteiger partial charge in [0.25, 0.3) is 5.91 Å². The van der Waals surface area contributed by atoms with Gasteiger partial charge in [-0.25, -0.2) is 8.42 Å². The van der Waals surface area contributed by atoms with Gasteiger partial charge in [-0.3, -0.25) is 14.2 Å². The number of hydrogen-bond donors (Lipinski definition) is 0. The van der Waals surface area contributed by atoms with Crippen LogP contribution in [-0.2, 0) is 24.1 Å². The lowest BCUT2D eigenvalue weighted by atomic mass is 10.3. The number of rotatable bonds is 3. The van der Waals surface area contributed by atoms with Gasteiger partial charge in [0.1, 0.15) is 10.6 Å². The van der Waals surface area contributed by atoms with Crippen LogP contribution in [0.25, 0.3) is 0 Å². The number of nitrogens with zero attached hydrogens (tertiary/aromatic N) is 6. The largest absolute Gasteiger partial charge is 0.335 e. The maximum atomic E-state index is 12.6. The molecule has 0 radical (unpaired) electrons. The average molecular weight is 464 g/mol. The predicted molar refractivity (Wildman–Crippen MR) is 93.8 cm³/mol. The van der Waals surface area contributed by atoms with Crippen LogP contribution in [0.15, 0.2) is 23.5 Å². The Morgan fingerprint density at radius 1 is 1.12 bits per heavy atom. The topological polar surface area (TPSA) is 93.3 Å². The van der Waals surface area contributed by atoms with E-state index in [4.69, 9.17) is 0 Å². The summed E-state index contributed by atoms with van der Waals surface area (Å²) in [6, 6.07) is 0. The molecule has 0 bridgehead atoms. The van der Waals surface area contributed by atoms with Gasteiger partial charge in [0.05, 0.1) is 16.0 Å². The number of hydrogen-bond acceptors (Lipinski definition) is 5. The number of carbonyl (C=O) groups excluding carboxylic acids is 1. The normalized spacial score (nSPS) is 16.5. The number of carbonyl (C=O) groups is 1. The lowest BCUT2D eigenvalue weighted by Crippen LogP contribution is -2.50. The molecule has 11 heteroatoms. The Hall–Kier alpha value is -1.47. The van der Waals surface area contributed by atoms with Gasteiger partial charge in [0.15, 0.2) is 0 Å². The van der Waals surface area contributed by atoms with Gasteiger partial charge in [-0.15, -0.1) is 0 Å². The molecule has 3 heterocycles. The Bertz CT molecular complexity index is 847. The summed E-state index contributed by atoms with van der Waals surface area (Å²) in [7, 11) is -0.175. The molecule has 1 amide bonds. The highest BCUT2D eigenvalue weighted by molar-refractivity contribution is 14.1. The maximum Gasteiger partial charge on any atom is 0.273 e. The molecule has 0 aliphatic carbocycles. The molecule has 0 unspecified atom stereocenters. The van der Waals surface area contributed by atoms with Crippen LogP contribution >= 0.6 is 22.6 Å². The molecule has 3 rings (SSSR count). The molecule has 0 N–H and O–H groups in total. The summed E-state index contributed by atoms with van der Waals surface area (Å²) >= 11 is 2.07. The van der Waals surface area contributed by atoms with Gasteiger partial charge >= 0.3 is 0 Å². The molecule has 0 spiro atoms. The number of aryl methyl sites for hydroxylation is 2. The van der Waals surface area contributed by atoms with Crippen LogP contribution in [0.3, 0.4) is 0 Å². The minimum atomic E-state index is -3.57. The minimum Gasteiger partial charge on any atom is -0.335 e. The van der Waals surface area contributed by atoms with E-state index in [0.29, 0.717) is 18.8 Å². The molecule has 24 heavy (non-hydrogen) atoms. The highest BCUT2D eigenvalue weighted by atomic mass is 127. The lowest BCUT2D eigenvalue weighted by molar-refractivity contribution is 0.0685. The van der Waals surface area contributed by atoms with Gasteiger partial charge in [-0.2, -0.15) is 14.5 Å². The molecule has 1 aliphatic rings. The molecule has 0 aromatic carbocycles. The van der Waals surface area contributed by atoms with Crippen molar-refractivity contribution < 1.29 is 13.2 Å². The molecule has 1 saturated heterocycles. The molecule has 9 nitrogen and oxygen atoms in total. The first-order valence-corrected chi connectivity index (χ1v) is 9.78. The van der Waals surface area contributed by atoms with E-state index in [0.717, 1.165) is 3.57 Å². The first-order chi connectivity index (χ1) is 11.3. The molecule has 2 aromatic rings. The summed E-state index contributed by atoms with van der Waals surface area (Å²) in [5.74, 6) is -0.127. The van der Waals surface area contributed by atoms with Gasteiger partial charge in [0, 0.05) is 46.5 Å². The van der Waals surface area contributed by atoms with Crippen molar-refractivity contribution in [2.75, 3.05) is 26.2 Å². The van der Waals surface area contributed by atoms with Crippen LogP contribution in [0.1, 0.15) is 10.5 Å². The van der Waals surface area contributed by atoms with Crippen molar-refractivity contribution >= 4 is 38.5 Å². The second kappa shape index (κ2) is 6.44. The lowest BCUT2D eigenvalue weighted by Gasteiger charge is -2.33. The Labute approximate surface area is 153 Å². The average Bonchev–Trinajstić information content (AvgIpc) is 3.13. The number of amides is 1. The van der Waals surface area contributed by atoms with E-state index in [2.05, 4.69) is 32.8 Å². The first-order valence-electron chi connectivity index (χ1n) is 7.26. The SMILES string of the molecule is Cn1cc(S(=O)(=O)N2CCN(C(=O)c3c(I)cnn3C)CC2)cn1. The summed E-state index contributed by atoms with van der Waals surface area (Å²) in [5, 5.41) is 7.98. The zero-order chi connectivity index (χ0) is 17.5. The Morgan fingerprint density at radius 2 is 1.79 bits per heavy atom. The maximum absolute atomic E-state index is 12.6. The third-order valence-corrected chi connectivity index (χ3v) is 6.58. The van der Waals surface area contributed by atoms with Crippen LogP contribution < -0.4 is 0 Å². The third-order valence-electron chi connectivity index (χ3n) is 3.94. The number of piperazine rings is 1. The second-order valence-electron chi connectivity index (χ2n) is 5.51. The van der Waals surface area contributed by atoms with Crippen molar-refractivity contribution in [1.29, 1.82) is 0 Å². The quantitative estimate of drug-likeness (QED) is 0.592. The Morgan fingerprint density at radius 3 is 2.29 bits per heavy atom. The summed E-state index contributed by atoms with van der Waals surface area (Å²) in [4.78, 5) is 14.4. The fourth-order valence-corrected chi connectivity index (χ4v) is 4.73. The van der Waals surface area contributed by atoms with E-state index in [1.54, 1.807) is 29.9 Å². The zero-order valence-corrected chi connectivity index (χ0v) is 16.2. The van der Waals surface area contributed by atoms with E-state index in [-0.39, 0.29) is 23.9 Å². The Kier molecular flexibility index (Phi) is 4.66. The van der Waals surface area contributed by atoms with Crippen LogP contribution in [0, 0.1) is 3.57 Å². The van der Waals surface area contributed by atoms with Crippen molar-refractivity contribution in [3.05, 3.63) is 27.9 Å². The van der Waals surface area contributed by atoms with Crippen molar-refractivity contribution in [1.82, 2.24) is 28.8 Å². The fraction of sp³-hybridized carbons (Fsp3) is 0.462. The van der Waals surface area contributed by atoms with E-state index in [9.17, 15) is 13.2 Å². The smallest absolute Gasteiger partial charge is 0.273 e. The van der Waals surface area contributed by atoms with Crippen molar-refractivity contribution in [2.45, 2.75) is 4.90 Å². The molecular weight excluding hydrogens is 447 g/mol. The Balaban J connectivity index is 1.71. The number of aromatic nitrogens is 4. The summed E-state index contributed by atoms with van der Waals surface area (Å²) in [5.41, 5.74) is 0.527. The van der Waals surface area contributed by atoms with E-state index < -0.39 is 10.0 Å². The van der Waals surface area contributed by atoms with Crippen LogP contribution in [0.5, 0.6) is 0 Å². The number of halogens is 1. The van der Waals surface area contributed by atoms with Crippen LogP contribution in [0.4, 0.5) is 0 Å². The monoisotopic (exact) mass is 464 g/mol. The van der Waals surface area contributed by atoms with Gasteiger partial charge in [0.2, 0.25) is 10.0 Å². The zero-order valence-electron chi connectivity index (χ0n) is 13.3. The van der Waals surface area contributed by atoms with Crippen LogP contribution in [0.2, 0.25) is 0 Å². The summed E-state index contributed by atoms with van der Waals surface area (Å²) < 4.78 is 30.3. The fourth-order valence-electron chi connectivity index (χ4n) is 2.61. The van der Waals surface area contributed by atoms with E-state index in [1.165, 1.54) is 21.4 Å². The molecule has 0 saturated carbocycles. The van der Waals surface area contributed by atoms with Crippen molar-refractivity contribution in [3.8, 4) is 0 Å². The van der Waals surface area contributed by atoms with E-state index >= 15 is 0 Å². The van der Waals surface area contributed by atoms with E-state index in [1.807, 2.05) is 0 Å². The van der Waals surface area contributed by atoms with Gasteiger partial charge < -0.3 is 4.90 Å². The molecule has 0 atom stereocenters. The summed E-state index contributed by atoms with van der Waals surface area (Å²) in [6.45, 7) is 1.22.